The number of amides is 2. The summed E-state index contributed by atoms with van der Waals surface area (Å²) in [5.74, 6) is -0.0313. The van der Waals surface area contributed by atoms with Crippen molar-refractivity contribution in [2.24, 2.45) is 0 Å². The molecule has 8 heteroatoms. The van der Waals surface area contributed by atoms with Crippen molar-refractivity contribution in [1.29, 1.82) is 0 Å². The molecule has 138 valence electrons. The molecule has 0 fully saturated rings. The predicted molar refractivity (Wildman–Crippen MR) is 96.6 cm³/mol. The standard InChI is InChI=1S/C18H23N5O3/c1-10(2)26-18(25)20-15-7-11(3)23(12(4)24)17-6-5-13(8-14(15)17)16-9-19-22-21-16/h5-6,8-11,15H,7H2,1-4H3,(H,20,25)(H,19,21,22)/t11-,15+/m0/s1. The summed E-state index contributed by atoms with van der Waals surface area (Å²) in [6.45, 7) is 7.12. The monoisotopic (exact) mass is 357 g/mol. The normalized spacial score (nSPS) is 19.2. The van der Waals surface area contributed by atoms with Crippen LogP contribution in [0.15, 0.2) is 24.4 Å². The molecule has 8 nitrogen and oxygen atoms in total. The van der Waals surface area contributed by atoms with Crippen molar-refractivity contribution < 1.29 is 14.3 Å². The number of carbonyl (C=O) groups is 2. The van der Waals surface area contributed by atoms with E-state index in [9.17, 15) is 9.59 Å². The lowest BCUT2D eigenvalue weighted by atomic mass is 9.90. The molecule has 1 aromatic carbocycles. The van der Waals surface area contributed by atoms with Crippen LogP contribution < -0.4 is 10.2 Å². The van der Waals surface area contributed by atoms with Crippen molar-refractivity contribution in [1.82, 2.24) is 20.7 Å². The van der Waals surface area contributed by atoms with Gasteiger partial charge >= 0.3 is 6.09 Å². The number of alkyl carbamates (subject to hydrolysis) is 1. The number of hydrogen-bond donors (Lipinski definition) is 2. The van der Waals surface area contributed by atoms with Crippen molar-refractivity contribution >= 4 is 17.7 Å². The summed E-state index contributed by atoms with van der Waals surface area (Å²) < 4.78 is 5.22. The molecule has 3 rings (SSSR count). The lowest BCUT2D eigenvalue weighted by Crippen LogP contribution is -2.45. The van der Waals surface area contributed by atoms with E-state index in [4.69, 9.17) is 4.74 Å². The Balaban J connectivity index is 2.00. The SMILES string of the molecule is CC(=O)N1c2ccc(-c3cn[nH]n3)cc2[C@H](NC(=O)OC(C)C)C[C@@H]1C. The van der Waals surface area contributed by atoms with Gasteiger partial charge in [0, 0.05) is 24.2 Å². The molecule has 0 spiro atoms. The highest BCUT2D eigenvalue weighted by molar-refractivity contribution is 5.94. The minimum Gasteiger partial charge on any atom is -0.447 e. The number of nitrogens with zero attached hydrogens (tertiary/aromatic N) is 3. The van der Waals surface area contributed by atoms with E-state index < -0.39 is 6.09 Å². The maximum absolute atomic E-state index is 12.1. The fraction of sp³-hybridized carbons (Fsp3) is 0.444. The summed E-state index contributed by atoms with van der Waals surface area (Å²) in [7, 11) is 0. The molecule has 2 amide bonds. The quantitative estimate of drug-likeness (QED) is 0.880. The summed E-state index contributed by atoms with van der Waals surface area (Å²) in [5.41, 5.74) is 3.21. The van der Waals surface area contributed by atoms with E-state index in [0.717, 1.165) is 16.8 Å². The number of anilines is 1. The second-order valence-electron chi connectivity index (χ2n) is 6.75. The van der Waals surface area contributed by atoms with E-state index in [1.165, 1.54) is 0 Å². The van der Waals surface area contributed by atoms with Crippen LogP contribution >= 0.6 is 0 Å². The van der Waals surface area contributed by atoms with Crippen LogP contribution in [-0.4, -0.2) is 39.6 Å². The molecule has 0 radical (unpaired) electrons. The van der Waals surface area contributed by atoms with Gasteiger partial charge in [-0.3, -0.25) is 4.79 Å². The zero-order valence-corrected chi connectivity index (χ0v) is 15.3. The molecular formula is C18H23N5O3. The van der Waals surface area contributed by atoms with Crippen molar-refractivity contribution in [2.45, 2.75) is 52.3 Å². The van der Waals surface area contributed by atoms with E-state index in [-0.39, 0.29) is 24.1 Å². The summed E-state index contributed by atoms with van der Waals surface area (Å²) >= 11 is 0. The average molecular weight is 357 g/mol. The lowest BCUT2D eigenvalue weighted by Gasteiger charge is -2.39. The third-order valence-electron chi connectivity index (χ3n) is 4.36. The molecule has 2 atom stereocenters. The van der Waals surface area contributed by atoms with Crippen molar-refractivity contribution in [2.75, 3.05) is 4.90 Å². The van der Waals surface area contributed by atoms with Gasteiger partial charge in [0.25, 0.3) is 0 Å². The van der Waals surface area contributed by atoms with E-state index in [0.29, 0.717) is 12.1 Å². The first-order chi connectivity index (χ1) is 12.4. The van der Waals surface area contributed by atoms with Crippen LogP contribution in [-0.2, 0) is 9.53 Å². The molecule has 1 aliphatic rings. The van der Waals surface area contributed by atoms with Gasteiger partial charge in [0.2, 0.25) is 5.91 Å². The summed E-state index contributed by atoms with van der Waals surface area (Å²) in [4.78, 5) is 26.0. The van der Waals surface area contributed by atoms with Crippen LogP contribution in [0.1, 0.15) is 45.7 Å². The number of fused-ring (bicyclic) bond motifs is 1. The number of rotatable bonds is 3. The van der Waals surface area contributed by atoms with Crippen LogP contribution in [0.4, 0.5) is 10.5 Å². The first-order valence-electron chi connectivity index (χ1n) is 8.64. The largest absolute Gasteiger partial charge is 0.447 e. The molecule has 0 saturated carbocycles. The smallest absolute Gasteiger partial charge is 0.407 e. The van der Waals surface area contributed by atoms with Gasteiger partial charge in [-0.25, -0.2) is 4.79 Å². The van der Waals surface area contributed by atoms with Crippen LogP contribution in [0.5, 0.6) is 0 Å². The number of carbonyl (C=O) groups excluding carboxylic acids is 2. The third kappa shape index (κ3) is 3.54. The first kappa shape index (κ1) is 17.9. The predicted octanol–water partition coefficient (Wildman–Crippen LogP) is 2.79. The van der Waals surface area contributed by atoms with Gasteiger partial charge in [0.1, 0.15) is 5.69 Å². The summed E-state index contributed by atoms with van der Waals surface area (Å²) in [6.07, 6.45) is 1.56. The summed E-state index contributed by atoms with van der Waals surface area (Å²) in [5, 5.41) is 13.5. The maximum Gasteiger partial charge on any atom is 0.407 e. The highest BCUT2D eigenvalue weighted by Gasteiger charge is 2.33. The topological polar surface area (TPSA) is 100 Å². The number of hydrogen-bond acceptors (Lipinski definition) is 5. The molecule has 2 aromatic rings. The molecule has 0 bridgehead atoms. The van der Waals surface area contributed by atoms with E-state index in [1.807, 2.05) is 25.1 Å². The highest BCUT2D eigenvalue weighted by Crippen LogP contribution is 2.39. The molecule has 1 aliphatic heterocycles. The fourth-order valence-electron chi connectivity index (χ4n) is 3.37. The molecule has 0 aliphatic carbocycles. The molecule has 1 aromatic heterocycles. The zero-order valence-electron chi connectivity index (χ0n) is 15.3. The second kappa shape index (κ2) is 7.15. The van der Waals surface area contributed by atoms with Gasteiger partial charge in [-0.1, -0.05) is 6.07 Å². The molecule has 26 heavy (non-hydrogen) atoms. The Bertz CT molecular complexity index is 803. The Hall–Kier alpha value is -2.90. The van der Waals surface area contributed by atoms with Crippen LogP contribution in [0, 0.1) is 0 Å². The third-order valence-corrected chi connectivity index (χ3v) is 4.36. The molecular weight excluding hydrogens is 334 g/mol. The zero-order chi connectivity index (χ0) is 18.8. The number of benzene rings is 1. The van der Waals surface area contributed by atoms with Gasteiger partial charge < -0.3 is 15.0 Å². The molecule has 2 N–H and O–H groups in total. The minimum absolute atomic E-state index is 0.0313. The van der Waals surface area contributed by atoms with Crippen molar-refractivity contribution in [3.63, 3.8) is 0 Å². The Morgan fingerprint density at radius 2 is 2.15 bits per heavy atom. The Morgan fingerprint density at radius 1 is 1.38 bits per heavy atom. The van der Waals surface area contributed by atoms with Gasteiger partial charge in [0.15, 0.2) is 0 Å². The number of nitrogens with one attached hydrogen (secondary N) is 2. The van der Waals surface area contributed by atoms with Gasteiger partial charge in [0.05, 0.1) is 18.3 Å². The van der Waals surface area contributed by atoms with Crippen molar-refractivity contribution in [3.05, 3.63) is 30.0 Å². The maximum atomic E-state index is 12.1. The van der Waals surface area contributed by atoms with Gasteiger partial charge in [-0.05, 0) is 44.9 Å². The molecule has 0 unspecified atom stereocenters. The fourth-order valence-corrected chi connectivity index (χ4v) is 3.37. The van der Waals surface area contributed by atoms with Crippen LogP contribution in [0.25, 0.3) is 11.3 Å². The number of aromatic amines is 1. The van der Waals surface area contributed by atoms with Crippen molar-refractivity contribution in [3.8, 4) is 11.3 Å². The molecule has 0 saturated heterocycles. The number of aromatic nitrogens is 3. The van der Waals surface area contributed by atoms with Gasteiger partial charge in [-0.2, -0.15) is 15.4 Å². The first-order valence-corrected chi connectivity index (χ1v) is 8.64. The minimum atomic E-state index is -0.466. The van der Waals surface area contributed by atoms with E-state index >= 15 is 0 Å². The molecule has 2 heterocycles. The van der Waals surface area contributed by atoms with E-state index in [2.05, 4.69) is 20.7 Å². The average Bonchev–Trinajstić information content (AvgIpc) is 3.07. The van der Waals surface area contributed by atoms with Gasteiger partial charge in [-0.15, -0.1) is 0 Å². The lowest BCUT2D eigenvalue weighted by molar-refractivity contribution is -0.117. The number of H-pyrrole nitrogens is 1. The highest BCUT2D eigenvalue weighted by atomic mass is 16.6. The van der Waals surface area contributed by atoms with E-state index in [1.54, 1.807) is 31.9 Å². The Kier molecular flexibility index (Phi) is 4.92. The summed E-state index contributed by atoms with van der Waals surface area (Å²) in [6, 6.07) is 5.43. The Morgan fingerprint density at radius 3 is 2.77 bits per heavy atom. The number of ether oxygens (including phenoxy) is 1. The second-order valence-corrected chi connectivity index (χ2v) is 6.75. The van der Waals surface area contributed by atoms with Crippen LogP contribution in [0.2, 0.25) is 0 Å². The van der Waals surface area contributed by atoms with Crippen LogP contribution in [0.3, 0.4) is 0 Å². The Labute approximate surface area is 151 Å².